The van der Waals surface area contributed by atoms with Gasteiger partial charge < -0.3 is 14.7 Å². The molecule has 5 nitrogen and oxygen atoms in total. The number of benzene rings is 2. The first kappa shape index (κ1) is 18.0. The van der Waals surface area contributed by atoms with Crippen molar-refractivity contribution >= 4 is 17.4 Å². The van der Waals surface area contributed by atoms with Crippen LogP contribution in [0, 0.1) is 6.92 Å². The Labute approximate surface area is 153 Å². The topological polar surface area (TPSA) is 66.8 Å². The third kappa shape index (κ3) is 3.17. The Morgan fingerprint density at radius 3 is 2.58 bits per heavy atom. The molecule has 2 aromatic rings. The van der Waals surface area contributed by atoms with Gasteiger partial charge in [0.1, 0.15) is 12.3 Å². The molecule has 5 heteroatoms. The van der Waals surface area contributed by atoms with Crippen molar-refractivity contribution in [2.75, 3.05) is 18.5 Å². The summed E-state index contributed by atoms with van der Waals surface area (Å²) < 4.78 is 6.09. The average molecular weight is 353 g/mol. The molecule has 0 aromatic heterocycles. The molecule has 2 aromatic carbocycles. The smallest absolute Gasteiger partial charge is 0.323 e. The number of para-hydroxylation sites is 1. The lowest BCUT2D eigenvalue weighted by molar-refractivity contribution is -0.135. The van der Waals surface area contributed by atoms with Crippen molar-refractivity contribution in [2.45, 2.75) is 32.3 Å². The fourth-order valence-corrected chi connectivity index (χ4v) is 3.56. The quantitative estimate of drug-likeness (QED) is 0.806. The number of rotatable bonds is 6. The lowest BCUT2D eigenvalue weighted by Crippen LogP contribution is -2.43. The number of carboxylic acid groups (broad SMARTS) is 1. The minimum absolute atomic E-state index is 0.0354. The minimum atomic E-state index is -0.894. The largest absolute Gasteiger partial charge is 0.480 e. The van der Waals surface area contributed by atoms with E-state index in [9.17, 15) is 9.59 Å². The molecule has 0 spiro atoms. The third-order valence-electron chi connectivity index (χ3n) is 4.98. The van der Waals surface area contributed by atoms with Crippen molar-refractivity contribution in [3.05, 3.63) is 59.2 Å². The first-order chi connectivity index (χ1) is 12.4. The van der Waals surface area contributed by atoms with Gasteiger partial charge >= 0.3 is 5.97 Å². The van der Waals surface area contributed by atoms with Gasteiger partial charge in [0.15, 0.2) is 5.60 Å². The van der Waals surface area contributed by atoms with Crippen LogP contribution >= 0.6 is 0 Å². The number of fused-ring (bicyclic) bond motifs is 1. The Bertz CT molecular complexity index is 834. The van der Waals surface area contributed by atoms with E-state index in [2.05, 4.69) is 0 Å². The van der Waals surface area contributed by atoms with Gasteiger partial charge in [0, 0.05) is 24.7 Å². The van der Waals surface area contributed by atoms with E-state index in [0.29, 0.717) is 18.4 Å². The van der Waals surface area contributed by atoms with Crippen LogP contribution in [-0.2, 0) is 11.2 Å². The van der Waals surface area contributed by atoms with Crippen LogP contribution in [0.2, 0.25) is 0 Å². The maximum atomic E-state index is 13.2. The summed E-state index contributed by atoms with van der Waals surface area (Å²) in [4.78, 5) is 25.8. The van der Waals surface area contributed by atoms with E-state index in [1.54, 1.807) is 24.1 Å². The lowest BCUT2D eigenvalue weighted by atomic mass is 9.86. The fourth-order valence-electron chi connectivity index (χ4n) is 3.56. The van der Waals surface area contributed by atoms with Crippen molar-refractivity contribution in [1.82, 2.24) is 0 Å². The first-order valence-electron chi connectivity index (χ1n) is 8.71. The van der Waals surface area contributed by atoms with Crippen molar-refractivity contribution in [3.63, 3.8) is 0 Å². The van der Waals surface area contributed by atoms with Gasteiger partial charge in [-0.25, -0.2) is 0 Å². The molecule has 0 aliphatic carbocycles. The van der Waals surface area contributed by atoms with Gasteiger partial charge in [-0.15, -0.1) is 0 Å². The first-order valence-corrected chi connectivity index (χ1v) is 8.71. The van der Waals surface area contributed by atoms with Crippen molar-refractivity contribution in [2.24, 2.45) is 0 Å². The number of ether oxygens (including phenoxy) is 1. The summed E-state index contributed by atoms with van der Waals surface area (Å²) in [5, 5.41) is 8.96. The molecule has 1 unspecified atom stereocenters. The maximum absolute atomic E-state index is 13.2. The van der Waals surface area contributed by atoms with Gasteiger partial charge in [-0.1, -0.05) is 25.1 Å². The predicted octanol–water partition coefficient (Wildman–Crippen LogP) is 3.48. The highest BCUT2D eigenvalue weighted by Crippen LogP contribution is 2.39. The monoisotopic (exact) mass is 353 g/mol. The van der Waals surface area contributed by atoms with E-state index >= 15 is 0 Å². The summed E-state index contributed by atoms with van der Waals surface area (Å²) in [7, 11) is 1.72. The molecule has 3 rings (SSSR count). The molecule has 1 atom stereocenters. The minimum Gasteiger partial charge on any atom is -0.480 e. The van der Waals surface area contributed by atoms with E-state index in [-0.39, 0.29) is 12.3 Å². The van der Waals surface area contributed by atoms with Crippen LogP contribution in [0.5, 0.6) is 5.75 Å². The summed E-state index contributed by atoms with van der Waals surface area (Å²) in [5.41, 5.74) is 2.43. The number of carbonyl (C=O) groups excluding carboxylic acids is 1. The van der Waals surface area contributed by atoms with Crippen molar-refractivity contribution in [1.29, 1.82) is 0 Å². The summed E-state index contributed by atoms with van der Waals surface area (Å²) in [6.07, 6.45) is 1.15. The second-order valence-electron chi connectivity index (χ2n) is 6.81. The second kappa shape index (κ2) is 6.83. The van der Waals surface area contributed by atoms with E-state index < -0.39 is 11.6 Å². The summed E-state index contributed by atoms with van der Waals surface area (Å²) >= 11 is 0. The molecule has 0 bridgehead atoms. The number of aryl methyl sites for hydroxylation is 1. The molecule has 0 saturated heterocycles. The number of nitrogens with zero attached hydrogens (tertiary/aromatic N) is 1. The van der Waals surface area contributed by atoms with Gasteiger partial charge in [0.05, 0.1) is 0 Å². The number of aliphatic carboxylic acids is 1. The van der Waals surface area contributed by atoms with E-state index in [1.165, 1.54) is 0 Å². The van der Waals surface area contributed by atoms with Crippen LogP contribution in [0.25, 0.3) is 0 Å². The number of carbonyl (C=O) groups is 2. The van der Waals surface area contributed by atoms with Gasteiger partial charge in [-0.2, -0.15) is 0 Å². The molecule has 1 heterocycles. The Balaban J connectivity index is 1.88. The highest BCUT2D eigenvalue weighted by Gasteiger charge is 2.44. The van der Waals surface area contributed by atoms with Gasteiger partial charge in [-0.3, -0.25) is 9.59 Å². The molecule has 1 aliphatic heterocycles. The van der Waals surface area contributed by atoms with Crippen LogP contribution < -0.4 is 9.64 Å². The number of Topliss-reactive ketones (excluding diaryl/α,β-unsaturated/α-hetero) is 1. The number of hydrogen-bond donors (Lipinski definition) is 1. The normalized spacial score (nSPS) is 18.1. The molecule has 136 valence electrons. The van der Waals surface area contributed by atoms with E-state index in [4.69, 9.17) is 9.84 Å². The highest BCUT2D eigenvalue weighted by molar-refractivity contribution is 6.04. The SMILES string of the molecule is CCC1(C(=O)c2ccc(N(C)CC(=O)O)c(C)c2)Cc2ccccc2O1. The second-order valence-corrected chi connectivity index (χ2v) is 6.81. The molecule has 0 radical (unpaired) electrons. The molecule has 1 N–H and O–H groups in total. The molecule has 26 heavy (non-hydrogen) atoms. The molecule has 0 fully saturated rings. The van der Waals surface area contributed by atoms with Gasteiger partial charge in [0.2, 0.25) is 5.78 Å². The Morgan fingerprint density at radius 1 is 1.23 bits per heavy atom. The van der Waals surface area contributed by atoms with Crippen molar-refractivity contribution < 1.29 is 19.4 Å². The number of likely N-dealkylation sites (N-methyl/N-ethyl adjacent to an activating group) is 1. The third-order valence-corrected chi connectivity index (χ3v) is 4.98. The average Bonchev–Trinajstić information content (AvgIpc) is 3.00. The highest BCUT2D eigenvalue weighted by atomic mass is 16.5. The predicted molar refractivity (Wildman–Crippen MR) is 100 cm³/mol. The number of hydrogen-bond acceptors (Lipinski definition) is 4. The van der Waals surface area contributed by atoms with E-state index in [1.807, 2.05) is 44.2 Å². The lowest BCUT2D eigenvalue weighted by Gasteiger charge is -2.27. The molecular weight excluding hydrogens is 330 g/mol. The zero-order valence-corrected chi connectivity index (χ0v) is 15.3. The fraction of sp³-hybridized carbons (Fsp3) is 0.333. The summed E-state index contributed by atoms with van der Waals surface area (Å²) in [6, 6.07) is 13.1. The van der Waals surface area contributed by atoms with Crippen LogP contribution in [0.3, 0.4) is 0 Å². The Morgan fingerprint density at radius 2 is 1.96 bits per heavy atom. The standard InChI is InChI=1S/C21H23NO4/c1-4-21(12-16-7-5-6-8-18(16)26-21)20(25)15-9-10-17(14(2)11-15)22(3)13-19(23)24/h5-11H,4,12-13H2,1-3H3,(H,23,24). The number of ketones is 1. The van der Waals surface area contributed by atoms with Gasteiger partial charge in [0.25, 0.3) is 0 Å². The zero-order chi connectivity index (χ0) is 18.9. The van der Waals surface area contributed by atoms with Gasteiger partial charge in [-0.05, 0) is 48.7 Å². The van der Waals surface area contributed by atoms with Crippen molar-refractivity contribution in [3.8, 4) is 5.75 Å². The van der Waals surface area contributed by atoms with Crippen LogP contribution in [-0.4, -0.2) is 36.1 Å². The van der Waals surface area contributed by atoms with Crippen LogP contribution in [0.4, 0.5) is 5.69 Å². The van der Waals surface area contributed by atoms with E-state index in [0.717, 1.165) is 22.6 Å². The maximum Gasteiger partial charge on any atom is 0.323 e. The number of anilines is 1. The van der Waals surface area contributed by atoms with Crippen LogP contribution in [0.1, 0.15) is 34.8 Å². The molecule has 1 aliphatic rings. The number of carboxylic acids is 1. The molecular formula is C21H23NO4. The summed E-state index contributed by atoms with van der Waals surface area (Å²) in [6.45, 7) is 3.75. The molecule has 0 saturated carbocycles. The van der Waals surface area contributed by atoms with Crippen LogP contribution in [0.15, 0.2) is 42.5 Å². The summed E-state index contributed by atoms with van der Waals surface area (Å²) in [5.74, 6) is -0.155. The molecule has 0 amide bonds. The Kier molecular flexibility index (Phi) is 4.72. The zero-order valence-electron chi connectivity index (χ0n) is 15.3. The Hall–Kier alpha value is -2.82.